The Hall–Kier alpha value is 0.1000. The third kappa shape index (κ3) is 5.80. The van der Waals surface area contributed by atoms with Crippen molar-refractivity contribution in [1.82, 2.24) is 0 Å². The summed E-state index contributed by atoms with van der Waals surface area (Å²) in [4.78, 5) is 0.321. The van der Waals surface area contributed by atoms with Gasteiger partial charge in [0.15, 0.2) is 0 Å². The number of hydrogen-bond acceptors (Lipinski definition) is 8. The molecule has 140 valence electrons. The molecule has 0 bridgehead atoms. The van der Waals surface area contributed by atoms with Gasteiger partial charge in [0.1, 0.15) is 11.4 Å². The van der Waals surface area contributed by atoms with Crippen LogP contribution in [0.2, 0.25) is 0 Å². The van der Waals surface area contributed by atoms with E-state index in [1.807, 2.05) is 0 Å². The van der Waals surface area contributed by atoms with Crippen LogP contribution in [0.15, 0.2) is 62.2 Å². The van der Waals surface area contributed by atoms with Gasteiger partial charge in [-0.15, -0.1) is 14.6 Å². The van der Waals surface area contributed by atoms with E-state index in [4.69, 9.17) is 9.81 Å². The fourth-order valence-electron chi connectivity index (χ4n) is 1.63. The zero-order valence-corrected chi connectivity index (χ0v) is 20.0. The summed E-state index contributed by atoms with van der Waals surface area (Å²) in [7, 11) is -4.35. The van der Waals surface area contributed by atoms with Crippen molar-refractivity contribution in [1.29, 1.82) is 0 Å². The van der Waals surface area contributed by atoms with Crippen LogP contribution in [0, 0.1) is 0 Å². The lowest BCUT2D eigenvalue weighted by Gasteiger charge is -2.06. The highest BCUT2D eigenvalue weighted by Crippen LogP contribution is 2.41. The summed E-state index contributed by atoms with van der Waals surface area (Å²) in [5.41, 5.74) is 0.781. The molecule has 26 heavy (non-hydrogen) atoms. The monoisotopic (exact) mass is 654 g/mol. The van der Waals surface area contributed by atoms with E-state index in [2.05, 4.69) is 83.3 Å². The average Bonchev–Trinajstić information content (AvgIpc) is 2.53. The Morgan fingerprint density at radius 1 is 0.885 bits per heavy atom. The number of rotatable bonds is 6. The summed E-state index contributed by atoms with van der Waals surface area (Å²) in [5, 5.41) is 20.0. The predicted molar refractivity (Wildman–Crippen MR) is 108 cm³/mol. The molecule has 0 aromatic heterocycles. The second-order valence-electron chi connectivity index (χ2n) is 4.37. The molecule has 0 aliphatic carbocycles. The van der Waals surface area contributed by atoms with Gasteiger partial charge in [0.25, 0.3) is 10.1 Å². The summed E-state index contributed by atoms with van der Waals surface area (Å²) < 4.78 is 37.7. The fraction of sp³-hybridized carbons (Fsp3) is 0. The second kappa shape index (κ2) is 9.54. The van der Waals surface area contributed by atoms with Crippen molar-refractivity contribution in [2.45, 2.75) is 9.79 Å². The molecular formula is C12H6Br4N2O6S2. The smallest absolute Gasteiger partial charge is 0.282 e. The van der Waals surface area contributed by atoms with Gasteiger partial charge >= 0.3 is 0 Å². The molecule has 0 fully saturated rings. The number of halogens is 4. The number of benzene rings is 2. The van der Waals surface area contributed by atoms with E-state index in [0.29, 0.717) is 34.2 Å². The third-order valence-electron chi connectivity index (χ3n) is 2.69. The molecular weight excluding hydrogens is 652 g/mol. The van der Waals surface area contributed by atoms with Crippen LogP contribution in [-0.2, 0) is 19.5 Å². The van der Waals surface area contributed by atoms with Gasteiger partial charge in [-0.1, -0.05) is 5.04 Å². The molecule has 0 unspecified atom stereocenters. The van der Waals surface area contributed by atoms with Crippen LogP contribution in [-0.4, -0.2) is 18.2 Å². The largest absolute Gasteiger partial charge is 0.294 e. The van der Waals surface area contributed by atoms with E-state index in [9.17, 15) is 8.42 Å². The van der Waals surface area contributed by atoms with E-state index in [1.54, 1.807) is 12.1 Å². The van der Waals surface area contributed by atoms with Gasteiger partial charge in [0.05, 0.1) is 16.9 Å². The Bertz CT molecular complexity index is 924. The molecule has 2 aromatic rings. The minimum absolute atomic E-state index is 0.287. The zero-order valence-electron chi connectivity index (χ0n) is 12.1. The summed E-state index contributed by atoms with van der Waals surface area (Å²) in [5.74, 6) is 0. The van der Waals surface area contributed by atoms with E-state index < -0.39 is 10.1 Å². The topological polar surface area (TPSA) is 118 Å². The molecule has 0 aliphatic rings. The van der Waals surface area contributed by atoms with Crippen LogP contribution in [0.4, 0.5) is 11.4 Å². The number of azo groups is 1. The maximum Gasteiger partial charge on any atom is 0.294 e. The summed E-state index contributed by atoms with van der Waals surface area (Å²) in [6.45, 7) is 0. The van der Waals surface area contributed by atoms with Crippen molar-refractivity contribution in [3.63, 3.8) is 0 Å². The van der Waals surface area contributed by atoms with Crippen molar-refractivity contribution in [3.8, 4) is 0 Å². The average molecular weight is 658 g/mol. The first kappa shape index (κ1) is 22.4. The molecule has 2 N–H and O–H groups in total. The van der Waals surface area contributed by atoms with E-state index in [1.165, 1.54) is 12.1 Å². The molecule has 0 saturated heterocycles. The standard InChI is InChI=1S/C12H6Br4N2O6S2/c13-7-1-5(25-24-23-19)2-8(14)11(7)17-18-12-9(15)3-6(4-10(12)16)26(20,21)22/h1-4,19H,(H,20,21,22). The minimum Gasteiger partial charge on any atom is -0.282 e. The summed E-state index contributed by atoms with van der Waals surface area (Å²) in [6, 6.07) is 5.75. The van der Waals surface area contributed by atoms with E-state index >= 15 is 0 Å². The lowest BCUT2D eigenvalue weighted by Crippen LogP contribution is -1.97. The Balaban J connectivity index is 2.39. The maximum absolute atomic E-state index is 11.2. The number of hydrogen-bond donors (Lipinski definition) is 2. The molecule has 0 radical (unpaired) electrons. The van der Waals surface area contributed by atoms with E-state index in [0.717, 1.165) is 12.0 Å². The van der Waals surface area contributed by atoms with Crippen molar-refractivity contribution in [2.75, 3.05) is 0 Å². The highest BCUT2D eigenvalue weighted by Gasteiger charge is 2.16. The molecule has 0 saturated carbocycles. The van der Waals surface area contributed by atoms with Gasteiger partial charge in [0, 0.05) is 22.8 Å². The second-order valence-corrected chi connectivity index (χ2v) is 9.99. The van der Waals surface area contributed by atoms with Crippen LogP contribution in [0.1, 0.15) is 0 Å². The lowest BCUT2D eigenvalue weighted by molar-refractivity contribution is -0.432. The minimum atomic E-state index is -4.35. The van der Waals surface area contributed by atoms with Gasteiger partial charge in [-0.25, -0.2) is 5.26 Å². The van der Waals surface area contributed by atoms with Crippen molar-refractivity contribution < 1.29 is 27.6 Å². The molecule has 0 aliphatic heterocycles. The van der Waals surface area contributed by atoms with Crippen molar-refractivity contribution >= 4 is 97.3 Å². The first-order valence-electron chi connectivity index (χ1n) is 6.15. The highest BCUT2D eigenvalue weighted by molar-refractivity contribution is 9.11. The Morgan fingerprint density at radius 3 is 1.69 bits per heavy atom. The number of nitrogens with zero attached hydrogens (tertiary/aromatic N) is 2. The van der Waals surface area contributed by atoms with Crippen LogP contribution in [0.5, 0.6) is 0 Å². The molecule has 0 atom stereocenters. The predicted octanol–water partition coefficient (Wildman–Crippen LogP) is 6.83. The molecule has 2 aromatic carbocycles. The molecule has 0 spiro atoms. The maximum atomic E-state index is 11.2. The Labute approximate surface area is 185 Å². The first-order chi connectivity index (χ1) is 12.1. The SMILES string of the molecule is O=S(=O)(O)c1cc(Br)c(N=Nc2c(Br)cc(SOOO)cc2Br)c(Br)c1. The highest BCUT2D eigenvalue weighted by atomic mass is 79.9. The molecule has 2 rings (SSSR count). The van der Waals surface area contributed by atoms with Gasteiger partial charge in [-0.2, -0.15) is 8.42 Å². The van der Waals surface area contributed by atoms with Gasteiger partial charge in [0.2, 0.25) is 0 Å². The quantitative estimate of drug-likeness (QED) is 0.115. The van der Waals surface area contributed by atoms with Gasteiger partial charge in [-0.3, -0.25) is 4.55 Å². The van der Waals surface area contributed by atoms with Crippen LogP contribution >= 0.6 is 75.8 Å². The first-order valence-corrected chi connectivity index (χ1v) is 11.5. The summed E-state index contributed by atoms with van der Waals surface area (Å²) >= 11 is 13.9. The normalized spacial score (nSPS) is 12.1. The van der Waals surface area contributed by atoms with Gasteiger partial charge in [-0.05, 0) is 88.0 Å². The molecule has 0 amide bonds. The van der Waals surface area contributed by atoms with Crippen molar-refractivity contribution in [3.05, 3.63) is 42.2 Å². The Morgan fingerprint density at radius 2 is 1.31 bits per heavy atom. The summed E-state index contributed by atoms with van der Waals surface area (Å²) in [6.07, 6.45) is 0. The molecule has 8 nitrogen and oxygen atoms in total. The molecule has 14 heteroatoms. The fourth-order valence-corrected chi connectivity index (χ4v) is 5.90. The van der Waals surface area contributed by atoms with E-state index in [-0.39, 0.29) is 4.90 Å². The van der Waals surface area contributed by atoms with Gasteiger partial charge < -0.3 is 0 Å². The third-order valence-corrected chi connectivity index (χ3v) is 6.50. The molecule has 0 heterocycles. The lowest BCUT2D eigenvalue weighted by atomic mass is 10.3. The van der Waals surface area contributed by atoms with Crippen LogP contribution in [0.25, 0.3) is 0 Å². The Kier molecular flexibility index (Phi) is 8.21. The zero-order chi connectivity index (χ0) is 19.5. The van der Waals surface area contributed by atoms with Crippen LogP contribution < -0.4 is 0 Å². The van der Waals surface area contributed by atoms with Crippen molar-refractivity contribution in [2.24, 2.45) is 10.2 Å². The van der Waals surface area contributed by atoms with Crippen LogP contribution in [0.3, 0.4) is 0 Å².